The number of piperidine rings is 1. The molecule has 2 bridgehead atoms. The van der Waals surface area contributed by atoms with Gasteiger partial charge in [-0.2, -0.15) is 0 Å². The zero-order valence-electron chi connectivity index (χ0n) is 15.7. The molecule has 2 aromatic rings. The maximum Gasteiger partial charge on any atom is 0.252 e. The number of anilines is 1. The summed E-state index contributed by atoms with van der Waals surface area (Å²) in [5.41, 5.74) is 7.44. The highest BCUT2D eigenvalue weighted by molar-refractivity contribution is 6.06. The molecule has 2 saturated heterocycles. The fraction of sp³-hybridized carbons (Fsp3) is 0.526. The minimum Gasteiger partial charge on any atom is -0.381 e. The molecule has 0 aromatic carbocycles. The van der Waals surface area contributed by atoms with Crippen molar-refractivity contribution in [2.24, 2.45) is 5.73 Å². The van der Waals surface area contributed by atoms with Crippen LogP contribution in [0.25, 0.3) is 11.0 Å². The summed E-state index contributed by atoms with van der Waals surface area (Å²) in [5, 5.41) is 4.42. The number of nitrogens with one attached hydrogen (secondary N) is 2. The predicted molar refractivity (Wildman–Crippen MR) is 103 cm³/mol. The smallest absolute Gasteiger partial charge is 0.252 e. The van der Waals surface area contributed by atoms with Gasteiger partial charge in [-0.15, -0.1) is 0 Å². The van der Waals surface area contributed by atoms with Gasteiger partial charge in [0.2, 0.25) is 5.91 Å². The van der Waals surface area contributed by atoms with Crippen molar-refractivity contribution in [3.8, 4) is 0 Å². The Kier molecular flexibility index (Phi) is 4.51. The number of aromatic amines is 1. The van der Waals surface area contributed by atoms with Gasteiger partial charge in [-0.3, -0.25) is 9.59 Å². The van der Waals surface area contributed by atoms with Gasteiger partial charge in [-0.05, 0) is 45.8 Å². The molecule has 0 saturated carbocycles. The third kappa shape index (κ3) is 3.25. The Morgan fingerprint density at radius 2 is 2.04 bits per heavy atom. The predicted octanol–water partition coefficient (Wildman–Crippen LogP) is 1.16. The van der Waals surface area contributed by atoms with Crippen LogP contribution in [0.2, 0.25) is 0 Å². The van der Waals surface area contributed by atoms with E-state index in [1.165, 1.54) is 6.20 Å². The van der Waals surface area contributed by atoms with Crippen LogP contribution in [0.4, 0.5) is 5.69 Å². The molecule has 2 aliphatic heterocycles. The summed E-state index contributed by atoms with van der Waals surface area (Å²) in [6.45, 7) is 0.450. The summed E-state index contributed by atoms with van der Waals surface area (Å²) in [4.78, 5) is 35.8. The molecule has 2 aromatic heterocycles. The number of amides is 2. The quantitative estimate of drug-likeness (QED) is 0.732. The van der Waals surface area contributed by atoms with E-state index in [2.05, 4.69) is 20.2 Å². The molecule has 2 amide bonds. The van der Waals surface area contributed by atoms with Crippen LogP contribution in [0.5, 0.6) is 0 Å². The van der Waals surface area contributed by atoms with Crippen molar-refractivity contribution in [3.63, 3.8) is 0 Å². The van der Waals surface area contributed by atoms with Crippen LogP contribution in [0.1, 0.15) is 36.0 Å². The first-order valence-corrected chi connectivity index (χ1v) is 9.42. The molecule has 0 unspecified atom stereocenters. The van der Waals surface area contributed by atoms with E-state index in [9.17, 15) is 9.59 Å². The summed E-state index contributed by atoms with van der Waals surface area (Å²) < 4.78 is 0. The third-order valence-electron chi connectivity index (χ3n) is 5.67. The van der Waals surface area contributed by atoms with Crippen molar-refractivity contribution in [1.82, 2.24) is 19.8 Å². The van der Waals surface area contributed by atoms with Gasteiger partial charge in [0.1, 0.15) is 5.65 Å². The van der Waals surface area contributed by atoms with Crippen molar-refractivity contribution in [3.05, 3.63) is 24.0 Å². The molecule has 4 heterocycles. The third-order valence-corrected chi connectivity index (χ3v) is 5.67. The van der Waals surface area contributed by atoms with Crippen molar-refractivity contribution in [2.75, 3.05) is 26.0 Å². The standard InChI is InChI=1S/C19H26N6O2/c1-24(2)10-16(26)25-12-3-4-13(25)8-11(7-12)23-17-14-5-6-21-19(14)22-9-15(17)18(20)27/h5-6,9,11-13H,3-4,7-8,10H2,1-2H3,(H2,20,27)(H2,21,22,23)/t12-,13-/m0/s1. The van der Waals surface area contributed by atoms with Gasteiger partial charge in [-0.25, -0.2) is 4.98 Å². The number of nitrogens with two attached hydrogens (primary N) is 1. The lowest BCUT2D eigenvalue weighted by molar-refractivity contribution is -0.136. The number of hydrogen-bond donors (Lipinski definition) is 3. The molecule has 0 radical (unpaired) electrons. The molecule has 0 aliphatic carbocycles. The van der Waals surface area contributed by atoms with E-state index < -0.39 is 5.91 Å². The highest BCUT2D eigenvalue weighted by Gasteiger charge is 2.43. The Morgan fingerprint density at radius 3 is 2.67 bits per heavy atom. The van der Waals surface area contributed by atoms with Gasteiger partial charge in [0.25, 0.3) is 5.91 Å². The van der Waals surface area contributed by atoms with E-state index in [1.54, 1.807) is 6.20 Å². The van der Waals surface area contributed by atoms with Crippen LogP contribution in [-0.4, -0.2) is 70.3 Å². The van der Waals surface area contributed by atoms with Crippen molar-refractivity contribution < 1.29 is 9.59 Å². The first kappa shape index (κ1) is 17.8. The van der Waals surface area contributed by atoms with Gasteiger partial charge in [0, 0.05) is 35.9 Å². The van der Waals surface area contributed by atoms with Gasteiger partial charge >= 0.3 is 0 Å². The van der Waals surface area contributed by atoms with E-state index in [0.717, 1.165) is 42.4 Å². The zero-order chi connectivity index (χ0) is 19.1. The van der Waals surface area contributed by atoms with Crippen molar-refractivity contribution in [2.45, 2.75) is 43.8 Å². The normalized spacial score (nSPS) is 24.6. The number of rotatable bonds is 5. The average Bonchev–Trinajstić information content (AvgIpc) is 3.17. The summed E-state index contributed by atoms with van der Waals surface area (Å²) in [5.74, 6) is -0.282. The minimum atomic E-state index is -0.491. The van der Waals surface area contributed by atoms with Gasteiger partial charge < -0.3 is 25.8 Å². The van der Waals surface area contributed by atoms with E-state index in [-0.39, 0.29) is 24.0 Å². The zero-order valence-corrected chi connectivity index (χ0v) is 15.7. The number of fused-ring (bicyclic) bond motifs is 3. The summed E-state index contributed by atoms with van der Waals surface area (Å²) >= 11 is 0. The number of primary amides is 1. The van der Waals surface area contributed by atoms with E-state index >= 15 is 0 Å². The lowest BCUT2D eigenvalue weighted by Crippen LogP contribution is -2.52. The van der Waals surface area contributed by atoms with Crippen molar-refractivity contribution >= 4 is 28.5 Å². The van der Waals surface area contributed by atoms with E-state index in [0.29, 0.717) is 12.1 Å². The lowest BCUT2D eigenvalue weighted by Gasteiger charge is -2.40. The molecule has 2 fully saturated rings. The Bertz CT molecular complexity index is 862. The fourth-order valence-electron chi connectivity index (χ4n) is 4.61. The molecule has 27 heavy (non-hydrogen) atoms. The second-order valence-electron chi connectivity index (χ2n) is 7.89. The number of likely N-dealkylation sites (N-methyl/N-ethyl adjacent to an activating group) is 1. The Labute approximate surface area is 158 Å². The lowest BCUT2D eigenvalue weighted by atomic mass is 9.96. The number of nitrogens with zero attached hydrogens (tertiary/aromatic N) is 3. The Hall–Kier alpha value is -2.61. The SMILES string of the molecule is CN(C)CC(=O)N1[C@H]2CC[C@H]1CC(Nc1c(C(N)=O)cnc3[nH]ccc13)C2. The van der Waals surface area contributed by atoms with Crippen LogP contribution in [0.3, 0.4) is 0 Å². The highest BCUT2D eigenvalue weighted by atomic mass is 16.2. The Balaban J connectivity index is 1.55. The monoisotopic (exact) mass is 370 g/mol. The maximum absolute atomic E-state index is 12.6. The minimum absolute atomic E-state index is 0.199. The summed E-state index contributed by atoms with van der Waals surface area (Å²) in [7, 11) is 3.84. The maximum atomic E-state index is 12.6. The average molecular weight is 370 g/mol. The number of hydrogen-bond acceptors (Lipinski definition) is 5. The number of carbonyl (C=O) groups is 2. The highest BCUT2D eigenvalue weighted by Crippen LogP contribution is 2.38. The molecular formula is C19H26N6O2. The van der Waals surface area contributed by atoms with Crippen LogP contribution in [0.15, 0.2) is 18.5 Å². The van der Waals surface area contributed by atoms with E-state index in [4.69, 9.17) is 5.73 Å². The summed E-state index contributed by atoms with van der Waals surface area (Å²) in [6.07, 6.45) is 7.17. The molecule has 144 valence electrons. The fourth-order valence-corrected chi connectivity index (χ4v) is 4.61. The topological polar surface area (TPSA) is 107 Å². The van der Waals surface area contributed by atoms with Gasteiger partial charge in [0.05, 0.1) is 17.8 Å². The molecular weight excluding hydrogens is 344 g/mol. The molecule has 0 spiro atoms. The molecule has 2 atom stereocenters. The summed E-state index contributed by atoms with van der Waals surface area (Å²) in [6, 6.07) is 2.62. The number of carbonyl (C=O) groups excluding carboxylic acids is 2. The van der Waals surface area contributed by atoms with Crippen LogP contribution < -0.4 is 11.1 Å². The molecule has 4 rings (SSSR count). The second kappa shape index (κ2) is 6.84. The van der Waals surface area contributed by atoms with Crippen LogP contribution in [0, 0.1) is 0 Å². The molecule has 8 heteroatoms. The number of pyridine rings is 1. The molecule has 8 nitrogen and oxygen atoms in total. The van der Waals surface area contributed by atoms with Gasteiger partial charge in [0.15, 0.2) is 0 Å². The van der Waals surface area contributed by atoms with Crippen LogP contribution in [-0.2, 0) is 4.79 Å². The van der Waals surface area contributed by atoms with Gasteiger partial charge in [-0.1, -0.05) is 0 Å². The number of H-pyrrole nitrogens is 1. The second-order valence-corrected chi connectivity index (χ2v) is 7.89. The van der Waals surface area contributed by atoms with Crippen molar-refractivity contribution in [1.29, 1.82) is 0 Å². The van der Waals surface area contributed by atoms with E-state index in [1.807, 2.05) is 25.1 Å². The largest absolute Gasteiger partial charge is 0.381 e. The Morgan fingerprint density at radius 1 is 1.33 bits per heavy atom. The molecule has 4 N–H and O–H groups in total. The van der Waals surface area contributed by atoms with Crippen LogP contribution >= 0.6 is 0 Å². The molecule has 2 aliphatic rings. The first-order valence-electron chi connectivity index (χ1n) is 9.42. The first-order chi connectivity index (χ1) is 12.9. The number of aromatic nitrogens is 2.